The van der Waals surface area contributed by atoms with Crippen LogP contribution < -0.4 is 0 Å². The van der Waals surface area contributed by atoms with E-state index in [1.807, 2.05) is 0 Å². The molecular formula is C19H44BrO2PS. The van der Waals surface area contributed by atoms with Gasteiger partial charge in [-0.2, -0.15) is 12.6 Å². The molecule has 0 saturated heterocycles. The number of aliphatic carboxylic acids is 1. The summed E-state index contributed by atoms with van der Waals surface area (Å²) in [7, 11) is -0.879. The Morgan fingerprint density at radius 1 is 0.833 bits per heavy atom. The molecule has 0 aromatic rings. The van der Waals surface area contributed by atoms with Crippen molar-refractivity contribution in [2.45, 2.75) is 91.2 Å². The second kappa shape index (κ2) is 20.0. The van der Waals surface area contributed by atoms with Gasteiger partial charge in [-0.1, -0.05) is 0 Å². The normalized spacial score (nSPS) is 12.6. The molecule has 0 aromatic carbocycles. The van der Waals surface area contributed by atoms with Gasteiger partial charge in [0, 0.05) is 0 Å². The molecule has 0 spiro atoms. The Hall–Kier alpha value is 0.730. The van der Waals surface area contributed by atoms with Crippen molar-refractivity contribution in [3.8, 4) is 0 Å². The number of halogens is 1. The van der Waals surface area contributed by atoms with Gasteiger partial charge in [0.2, 0.25) is 0 Å². The molecule has 1 atom stereocenters. The van der Waals surface area contributed by atoms with Gasteiger partial charge in [0.15, 0.2) is 0 Å². The molecule has 0 rings (SSSR count). The number of carboxylic acid groups (broad SMARTS) is 1. The number of thiol groups is 1. The fourth-order valence-corrected chi connectivity index (χ4v) is 8.87. The third-order valence-electron chi connectivity index (χ3n) is 4.60. The SMILES string of the molecule is Br.CC(S)C(=O)O.CCCC[PH](CCCC)(CCCC)CCCC. The fourth-order valence-electron chi connectivity index (χ4n) is 2.96. The van der Waals surface area contributed by atoms with Crippen LogP contribution in [0.15, 0.2) is 0 Å². The van der Waals surface area contributed by atoms with Gasteiger partial charge < -0.3 is 5.11 Å². The van der Waals surface area contributed by atoms with Crippen molar-refractivity contribution >= 4 is 42.8 Å². The summed E-state index contributed by atoms with van der Waals surface area (Å²) >= 11 is 3.59. The van der Waals surface area contributed by atoms with Crippen molar-refractivity contribution in [3.05, 3.63) is 0 Å². The topological polar surface area (TPSA) is 37.3 Å². The summed E-state index contributed by atoms with van der Waals surface area (Å²) in [4.78, 5) is 9.62. The molecular weight excluding hydrogens is 403 g/mol. The first-order valence-corrected chi connectivity index (χ1v) is 13.1. The van der Waals surface area contributed by atoms with Crippen molar-refractivity contribution in [1.29, 1.82) is 0 Å². The van der Waals surface area contributed by atoms with Crippen LogP contribution in [0.2, 0.25) is 0 Å². The molecule has 0 radical (unpaired) electrons. The third-order valence-corrected chi connectivity index (χ3v) is 10.5. The van der Waals surface area contributed by atoms with E-state index in [-0.39, 0.29) is 17.0 Å². The van der Waals surface area contributed by atoms with E-state index in [9.17, 15) is 4.79 Å². The van der Waals surface area contributed by atoms with E-state index in [1.54, 1.807) is 24.6 Å². The van der Waals surface area contributed by atoms with Gasteiger partial charge in [0.05, 0.1) is 5.25 Å². The van der Waals surface area contributed by atoms with E-state index in [0.717, 1.165) is 0 Å². The van der Waals surface area contributed by atoms with Crippen LogP contribution in [0, 0.1) is 0 Å². The predicted octanol–water partition coefficient (Wildman–Crippen LogP) is 6.90. The van der Waals surface area contributed by atoms with Gasteiger partial charge >= 0.3 is 117 Å². The van der Waals surface area contributed by atoms with Crippen molar-refractivity contribution in [1.82, 2.24) is 0 Å². The monoisotopic (exact) mass is 446 g/mol. The van der Waals surface area contributed by atoms with E-state index >= 15 is 0 Å². The third kappa shape index (κ3) is 17.5. The maximum atomic E-state index is 9.62. The summed E-state index contributed by atoms with van der Waals surface area (Å²) in [6.07, 6.45) is 18.1. The first-order chi connectivity index (χ1) is 10.9. The molecule has 0 amide bonds. The molecule has 1 N–H and O–H groups in total. The molecule has 0 fully saturated rings. The number of carboxylic acids is 1. The number of carbonyl (C=O) groups is 1. The average molecular weight is 448 g/mol. The van der Waals surface area contributed by atoms with Gasteiger partial charge in [0.25, 0.3) is 0 Å². The second-order valence-corrected chi connectivity index (χ2v) is 12.7. The first kappa shape index (κ1) is 29.5. The van der Waals surface area contributed by atoms with Gasteiger partial charge in [-0.05, 0) is 6.92 Å². The van der Waals surface area contributed by atoms with Crippen LogP contribution >= 0.6 is 36.9 Å². The molecule has 24 heavy (non-hydrogen) atoms. The molecule has 0 aliphatic heterocycles. The van der Waals surface area contributed by atoms with Crippen molar-refractivity contribution in [2.24, 2.45) is 0 Å². The first-order valence-electron chi connectivity index (χ1n) is 9.79. The zero-order valence-electron chi connectivity index (χ0n) is 16.8. The average Bonchev–Trinajstić information content (AvgIpc) is 2.54. The van der Waals surface area contributed by atoms with E-state index in [4.69, 9.17) is 5.11 Å². The number of hydrogen-bond acceptors (Lipinski definition) is 2. The van der Waals surface area contributed by atoms with Gasteiger partial charge in [-0.25, -0.2) is 0 Å². The van der Waals surface area contributed by atoms with Gasteiger partial charge in [-0.15, -0.1) is 17.0 Å². The van der Waals surface area contributed by atoms with E-state index in [1.165, 1.54) is 58.3 Å². The zero-order valence-corrected chi connectivity index (χ0v) is 20.4. The van der Waals surface area contributed by atoms with Crippen LogP contribution in [-0.2, 0) is 4.79 Å². The zero-order chi connectivity index (χ0) is 18.1. The Balaban J connectivity index is -0.000000538. The van der Waals surface area contributed by atoms with Gasteiger partial charge in [-0.3, -0.25) is 4.79 Å². The molecule has 2 nitrogen and oxygen atoms in total. The summed E-state index contributed by atoms with van der Waals surface area (Å²) < 4.78 is 0. The van der Waals surface area contributed by atoms with Gasteiger partial charge in [0.1, 0.15) is 0 Å². The van der Waals surface area contributed by atoms with Crippen LogP contribution in [0.5, 0.6) is 0 Å². The molecule has 5 heteroatoms. The fraction of sp³-hybridized carbons (Fsp3) is 0.947. The Kier molecular flexibility index (Phi) is 24.6. The second-order valence-electron chi connectivity index (χ2n) is 6.93. The van der Waals surface area contributed by atoms with Crippen molar-refractivity contribution < 1.29 is 9.90 Å². The minimum absolute atomic E-state index is 0. The molecule has 0 heterocycles. The Bertz CT molecular complexity index is 239. The summed E-state index contributed by atoms with van der Waals surface area (Å²) in [5, 5.41) is 7.38. The van der Waals surface area contributed by atoms with Crippen LogP contribution in [-0.4, -0.2) is 41.0 Å². The Morgan fingerprint density at radius 2 is 1.04 bits per heavy atom. The summed E-state index contributed by atoms with van der Waals surface area (Å²) in [6, 6.07) is 0. The summed E-state index contributed by atoms with van der Waals surface area (Å²) in [5.74, 6) is -0.877. The molecule has 150 valence electrons. The molecule has 1 unspecified atom stereocenters. The number of unbranched alkanes of at least 4 members (excludes halogenated alkanes) is 4. The van der Waals surface area contributed by atoms with Crippen LogP contribution in [0.1, 0.15) is 86.0 Å². The van der Waals surface area contributed by atoms with E-state index in [2.05, 4.69) is 40.3 Å². The number of hydrogen-bond donors (Lipinski definition) is 2. The predicted molar refractivity (Wildman–Crippen MR) is 124 cm³/mol. The molecule has 0 aliphatic carbocycles. The van der Waals surface area contributed by atoms with Crippen LogP contribution in [0.3, 0.4) is 0 Å². The maximum absolute atomic E-state index is 9.62. The number of rotatable bonds is 13. The Morgan fingerprint density at radius 3 is 1.17 bits per heavy atom. The van der Waals surface area contributed by atoms with E-state index < -0.39 is 18.5 Å². The summed E-state index contributed by atoms with van der Waals surface area (Å²) in [6.45, 7) is 10.9. The van der Waals surface area contributed by atoms with Crippen LogP contribution in [0.25, 0.3) is 0 Å². The van der Waals surface area contributed by atoms with Crippen molar-refractivity contribution in [2.75, 3.05) is 24.6 Å². The summed E-state index contributed by atoms with van der Waals surface area (Å²) in [5.41, 5.74) is 0. The molecule has 0 aromatic heterocycles. The van der Waals surface area contributed by atoms with Crippen LogP contribution in [0.4, 0.5) is 0 Å². The quantitative estimate of drug-likeness (QED) is 0.238. The van der Waals surface area contributed by atoms with Crippen molar-refractivity contribution in [3.63, 3.8) is 0 Å². The standard InChI is InChI=1S/C16H37P.C3H6O2S.BrH/c1-5-9-13-17(14-10-6-2,15-11-7-3)16-12-8-4;1-2(6)3(4)5;/h17H,5-16H2,1-4H3;2,6H,1H3,(H,4,5);1H. The Labute approximate surface area is 168 Å². The molecule has 0 saturated carbocycles. The molecule has 0 aliphatic rings. The minimum atomic E-state index is -0.879. The van der Waals surface area contributed by atoms with E-state index in [0.29, 0.717) is 0 Å². The molecule has 0 bridgehead atoms.